The lowest BCUT2D eigenvalue weighted by Crippen LogP contribution is -2.32. The monoisotopic (exact) mass is 428 g/mol. The summed E-state index contributed by atoms with van der Waals surface area (Å²) >= 11 is 0. The SMILES string of the molecule is Cc1nn(-c2ccccc2)c(C)c1C=CC(=O)NCC(=O)Nc1ccc(F)c(F)c1F. The second kappa shape index (κ2) is 9.29. The van der Waals surface area contributed by atoms with Gasteiger partial charge in [-0.15, -0.1) is 0 Å². The second-order valence-electron chi connectivity index (χ2n) is 6.65. The molecule has 3 aromatic rings. The van der Waals surface area contributed by atoms with Crippen molar-refractivity contribution in [1.29, 1.82) is 0 Å². The van der Waals surface area contributed by atoms with E-state index in [1.54, 1.807) is 10.8 Å². The number of aryl methyl sites for hydroxylation is 1. The van der Waals surface area contributed by atoms with E-state index in [4.69, 9.17) is 0 Å². The van der Waals surface area contributed by atoms with Gasteiger partial charge < -0.3 is 10.6 Å². The summed E-state index contributed by atoms with van der Waals surface area (Å²) in [4.78, 5) is 23.9. The summed E-state index contributed by atoms with van der Waals surface area (Å²) in [6, 6.07) is 11.1. The van der Waals surface area contributed by atoms with Gasteiger partial charge in [0.2, 0.25) is 11.8 Å². The highest BCUT2D eigenvalue weighted by Gasteiger charge is 2.15. The lowest BCUT2D eigenvalue weighted by molar-refractivity contribution is -0.121. The number of aromatic nitrogens is 2. The van der Waals surface area contributed by atoms with Crippen molar-refractivity contribution in [3.8, 4) is 5.69 Å². The number of amides is 2. The van der Waals surface area contributed by atoms with Crippen LogP contribution in [-0.4, -0.2) is 28.1 Å². The van der Waals surface area contributed by atoms with Crippen LogP contribution in [0.1, 0.15) is 17.0 Å². The average Bonchev–Trinajstić information content (AvgIpc) is 3.05. The number of halogens is 3. The highest BCUT2D eigenvalue weighted by Crippen LogP contribution is 2.20. The molecule has 9 heteroatoms. The Balaban J connectivity index is 1.61. The minimum Gasteiger partial charge on any atom is -0.343 e. The van der Waals surface area contributed by atoms with Crippen molar-refractivity contribution in [3.63, 3.8) is 0 Å². The van der Waals surface area contributed by atoms with E-state index < -0.39 is 41.5 Å². The molecule has 31 heavy (non-hydrogen) atoms. The van der Waals surface area contributed by atoms with Gasteiger partial charge in [-0.2, -0.15) is 5.10 Å². The van der Waals surface area contributed by atoms with Crippen molar-refractivity contribution in [3.05, 3.63) is 82.9 Å². The zero-order chi connectivity index (χ0) is 22.5. The highest BCUT2D eigenvalue weighted by molar-refractivity contribution is 5.98. The van der Waals surface area contributed by atoms with Gasteiger partial charge in [-0.3, -0.25) is 9.59 Å². The maximum absolute atomic E-state index is 13.6. The summed E-state index contributed by atoms with van der Waals surface area (Å²) in [7, 11) is 0. The van der Waals surface area contributed by atoms with Crippen molar-refractivity contribution in [2.75, 3.05) is 11.9 Å². The molecule has 0 atom stereocenters. The Labute approximate surface area is 176 Å². The van der Waals surface area contributed by atoms with Crippen LogP contribution < -0.4 is 10.6 Å². The van der Waals surface area contributed by atoms with E-state index >= 15 is 0 Å². The number of nitrogens with zero attached hydrogens (tertiary/aromatic N) is 2. The first-order chi connectivity index (χ1) is 14.8. The van der Waals surface area contributed by atoms with E-state index in [2.05, 4.69) is 15.7 Å². The van der Waals surface area contributed by atoms with Crippen LogP contribution in [0.3, 0.4) is 0 Å². The zero-order valence-corrected chi connectivity index (χ0v) is 16.7. The van der Waals surface area contributed by atoms with Crippen molar-refractivity contribution in [2.24, 2.45) is 0 Å². The molecular formula is C22H19F3N4O2. The van der Waals surface area contributed by atoms with Crippen LogP contribution in [0.2, 0.25) is 0 Å². The third-order valence-corrected chi connectivity index (χ3v) is 4.48. The van der Waals surface area contributed by atoms with Crippen molar-refractivity contribution < 1.29 is 22.8 Å². The summed E-state index contributed by atoms with van der Waals surface area (Å²) in [5.74, 6) is -5.93. The fourth-order valence-corrected chi connectivity index (χ4v) is 2.92. The zero-order valence-electron chi connectivity index (χ0n) is 16.7. The number of nitrogens with one attached hydrogen (secondary N) is 2. The fraction of sp³-hybridized carbons (Fsp3) is 0.136. The van der Waals surface area contributed by atoms with E-state index in [0.29, 0.717) is 6.07 Å². The molecule has 1 heterocycles. The molecule has 0 bridgehead atoms. The molecule has 3 rings (SSSR count). The molecule has 0 aliphatic rings. The Hall–Kier alpha value is -3.88. The maximum Gasteiger partial charge on any atom is 0.244 e. The van der Waals surface area contributed by atoms with Gasteiger partial charge in [0.15, 0.2) is 17.5 Å². The fourth-order valence-electron chi connectivity index (χ4n) is 2.92. The van der Waals surface area contributed by atoms with Gasteiger partial charge in [0, 0.05) is 17.3 Å². The molecule has 0 radical (unpaired) electrons. The molecule has 2 amide bonds. The molecular weight excluding hydrogens is 409 g/mol. The van der Waals surface area contributed by atoms with E-state index in [-0.39, 0.29) is 0 Å². The third kappa shape index (κ3) is 5.00. The topological polar surface area (TPSA) is 76.0 Å². The first kappa shape index (κ1) is 21.8. The maximum atomic E-state index is 13.6. The highest BCUT2D eigenvalue weighted by atomic mass is 19.2. The van der Waals surface area contributed by atoms with Gasteiger partial charge in [0.25, 0.3) is 0 Å². The molecule has 0 aliphatic carbocycles. The number of anilines is 1. The Kier molecular flexibility index (Phi) is 6.54. The second-order valence-corrected chi connectivity index (χ2v) is 6.65. The number of rotatable bonds is 6. The Morgan fingerprint density at radius 3 is 2.45 bits per heavy atom. The molecule has 2 N–H and O–H groups in total. The third-order valence-electron chi connectivity index (χ3n) is 4.48. The first-order valence-corrected chi connectivity index (χ1v) is 9.29. The van der Waals surface area contributed by atoms with E-state index in [9.17, 15) is 22.8 Å². The smallest absolute Gasteiger partial charge is 0.244 e. The Morgan fingerprint density at radius 2 is 1.74 bits per heavy atom. The molecule has 6 nitrogen and oxygen atoms in total. The van der Waals surface area contributed by atoms with Crippen molar-refractivity contribution >= 4 is 23.6 Å². The molecule has 1 aromatic heterocycles. The van der Waals surface area contributed by atoms with Crippen molar-refractivity contribution in [1.82, 2.24) is 15.1 Å². The van der Waals surface area contributed by atoms with Gasteiger partial charge in [0.1, 0.15) is 0 Å². The van der Waals surface area contributed by atoms with Gasteiger partial charge in [-0.05, 0) is 44.2 Å². The van der Waals surface area contributed by atoms with Gasteiger partial charge >= 0.3 is 0 Å². The predicted octanol–water partition coefficient (Wildman–Crippen LogP) is 3.67. The number of hydrogen-bond donors (Lipinski definition) is 2. The van der Waals surface area contributed by atoms with Crippen LogP contribution in [-0.2, 0) is 9.59 Å². The largest absolute Gasteiger partial charge is 0.343 e. The number of benzene rings is 2. The number of carbonyl (C=O) groups is 2. The lowest BCUT2D eigenvalue weighted by Gasteiger charge is -2.07. The molecule has 160 valence electrons. The van der Waals surface area contributed by atoms with Crippen LogP contribution in [0.25, 0.3) is 11.8 Å². The van der Waals surface area contributed by atoms with Crippen LogP contribution in [0.5, 0.6) is 0 Å². The summed E-state index contributed by atoms with van der Waals surface area (Å²) in [6.45, 7) is 3.20. The minimum absolute atomic E-state index is 0.483. The molecule has 0 aliphatic heterocycles. The Morgan fingerprint density at radius 1 is 1.03 bits per heavy atom. The van der Waals surface area contributed by atoms with Gasteiger partial charge in [0.05, 0.1) is 23.6 Å². The predicted molar refractivity (Wildman–Crippen MR) is 110 cm³/mol. The quantitative estimate of drug-likeness (QED) is 0.465. The van der Waals surface area contributed by atoms with E-state index in [0.717, 1.165) is 28.7 Å². The molecule has 0 saturated heterocycles. The normalized spacial score (nSPS) is 11.0. The molecule has 0 saturated carbocycles. The number of carbonyl (C=O) groups excluding carboxylic acids is 2. The standard InChI is InChI=1S/C22H19F3N4O2/c1-13-16(14(2)29(28-13)15-6-4-3-5-7-15)8-11-19(30)26-12-20(31)27-18-10-9-17(23)21(24)22(18)25/h3-11H,12H2,1-2H3,(H,26,30)(H,27,31). The number of hydrogen-bond acceptors (Lipinski definition) is 3. The van der Waals surface area contributed by atoms with Crippen molar-refractivity contribution in [2.45, 2.75) is 13.8 Å². The summed E-state index contributed by atoms with van der Waals surface area (Å²) in [6.07, 6.45) is 2.83. The minimum atomic E-state index is -1.69. The summed E-state index contributed by atoms with van der Waals surface area (Å²) in [5, 5.41) is 8.89. The van der Waals surface area contributed by atoms with Gasteiger partial charge in [-0.25, -0.2) is 17.9 Å². The lowest BCUT2D eigenvalue weighted by atomic mass is 10.2. The first-order valence-electron chi connectivity index (χ1n) is 9.29. The molecule has 0 unspecified atom stereocenters. The van der Waals surface area contributed by atoms with Crippen LogP contribution in [0.4, 0.5) is 18.9 Å². The van der Waals surface area contributed by atoms with Crippen LogP contribution in [0.15, 0.2) is 48.5 Å². The summed E-state index contributed by atoms with van der Waals surface area (Å²) < 4.78 is 41.5. The summed E-state index contributed by atoms with van der Waals surface area (Å²) in [5.41, 5.74) is 2.67. The van der Waals surface area contributed by atoms with E-state index in [1.165, 1.54) is 6.08 Å². The molecule has 0 fully saturated rings. The van der Waals surface area contributed by atoms with E-state index in [1.807, 2.05) is 44.2 Å². The van der Waals surface area contributed by atoms with Crippen LogP contribution in [0, 0.1) is 31.3 Å². The Bertz CT molecular complexity index is 1160. The van der Waals surface area contributed by atoms with Crippen LogP contribution >= 0.6 is 0 Å². The number of para-hydroxylation sites is 1. The average molecular weight is 428 g/mol. The molecule has 0 spiro atoms. The van der Waals surface area contributed by atoms with Gasteiger partial charge in [-0.1, -0.05) is 18.2 Å². The molecule has 2 aromatic carbocycles.